The van der Waals surface area contributed by atoms with Crippen LogP contribution in [-0.2, 0) is 31.9 Å². The average Bonchev–Trinajstić information content (AvgIpc) is 2.24. The van der Waals surface area contributed by atoms with Gasteiger partial charge in [0.15, 0.2) is 4.90 Å². The van der Waals surface area contributed by atoms with E-state index in [0.717, 1.165) is 23.1 Å². The topological polar surface area (TPSA) is 66.4 Å². The van der Waals surface area contributed by atoms with Crippen molar-refractivity contribution in [2.45, 2.75) is 17.7 Å². The predicted octanol–water partition coefficient (Wildman–Crippen LogP) is 1.33. The second-order valence-electron chi connectivity index (χ2n) is 3.73. The summed E-state index contributed by atoms with van der Waals surface area (Å²) in [6, 6.07) is 7.44. The molecule has 1 unspecified atom stereocenters. The molecule has 6 heteroatoms. The first-order valence-corrected chi connectivity index (χ1v) is 8.53. The summed E-state index contributed by atoms with van der Waals surface area (Å²) in [4.78, 5) is 0.793. The molecule has 0 amide bonds. The molecule has 0 aliphatic heterocycles. The van der Waals surface area contributed by atoms with E-state index in [1.807, 2.05) is 24.3 Å². The lowest BCUT2D eigenvalue weighted by molar-refractivity contribution is 0.316. The van der Waals surface area contributed by atoms with Gasteiger partial charge in [0.1, 0.15) is 6.26 Å². The molecule has 1 aromatic rings. The third-order valence-corrected chi connectivity index (χ3v) is 3.69. The molecule has 1 aromatic carbocycles. The van der Waals surface area contributed by atoms with E-state index in [0.29, 0.717) is 6.42 Å². The van der Waals surface area contributed by atoms with E-state index in [1.54, 1.807) is 6.26 Å². The van der Waals surface area contributed by atoms with Crippen LogP contribution in [0.2, 0.25) is 0 Å². The lowest BCUT2D eigenvalue weighted by atomic mass is 10.1. The van der Waals surface area contributed by atoms with Crippen LogP contribution < -0.4 is 0 Å². The molecule has 0 aliphatic carbocycles. The highest BCUT2D eigenvalue weighted by Crippen LogP contribution is 2.11. The third-order valence-electron chi connectivity index (χ3n) is 2.16. The van der Waals surface area contributed by atoms with Gasteiger partial charge in [-0.15, -0.1) is 0 Å². The van der Waals surface area contributed by atoms with Crippen molar-refractivity contribution in [1.82, 2.24) is 0 Å². The molecule has 0 radical (unpaired) electrons. The fourth-order valence-corrected chi connectivity index (χ4v) is 2.27. The molecule has 1 rings (SSSR count). The molecule has 17 heavy (non-hydrogen) atoms. The maximum absolute atomic E-state index is 11.2. The summed E-state index contributed by atoms with van der Waals surface area (Å²) in [7, 11) is -3.34. The molecular formula is C11H16O4S2. The molecule has 4 nitrogen and oxygen atoms in total. The highest BCUT2D eigenvalue weighted by molar-refractivity contribution is 7.90. The van der Waals surface area contributed by atoms with E-state index in [9.17, 15) is 13.0 Å². The molecule has 96 valence electrons. The van der Waals surface area contributed by atoms with Gasteiger partial charge in [0.2, 0.25) is 0 Å². The summed E-state index contributed by atoms with van der Waals surface area (Å²) in [5.74, 6) is 0. The zero-order valence-corrected chi connectivity index (χ0v) is 11.5. The number of aryl methyl sites for hydroxylation is 1. The Balaban J connectivity index is 2.37. The molecule has 0 aromatic heterocycles. The van der Waals surface area contributed by atoms with Crippen LogP contribution in [0.5, 0.6) is 0 Å². The van der Waals surface area contributed by atoms with Crippen molar-refractivity contribution in [2.75, 3.05) is 19.1 Å². The van der Waals surface area contributed by atoms with Crippen LogP contribution >= 0.6 is 0 Å². The minimum atomic E-state index is -3.34. The Morgan fingerprint density at radius 2 is 1.88 bits per heavy atom. The van der Waals surface area contributed by atoms with Crippen LogP contribution in [-0.4, -0.2) is 32.1 Å². The van der Waals surface area contributed by atoms with E-state index < -0.39 is 21.3 Å². The van der Waals surface area contributed by atoms with Crippen molar-refractivity contribution in [2.24, 2.45) is 0 Å². The molecule has 0 N–H and O–H groups in total. The van der Waals surface area contributed by atoms with Crippen molar-refractivity contribution in [3.05, 3.63) is 29.8 Å². The lowest BCUT2D eigenvalue weighted by Crippen LogP contribution is -2.05. The van der Waals surface area contributed by atoms with Gasteiger partial charge in [-0.1, -0.05) is 12.1 Å². The smallest absolute Gasteiger partial charge is 0.264 e. The van der Waals surface area contributed by atoms with Gasteiger partial charge < -0.3 is 4.55 Å². The van der Waals surface area contributed by atoms with Gasteiger partial charge in [-0.05, 0) is 41.7 Å². The Kier molecular flexibility index (Phi) is 5.45. The largest absolute Gasteiger partial charge is 0.612 e. The zero-order chi connectivity index (χ0) is 12.9. The molecule has 0 fully saturated rings. The Morgan fingerprint density at radius 3 is 2.35 bits per heavy atom. The van der Waals surface area contributed by atoms with Crippen molar-refractivity contribution >= 4 is 21.3 Å². The number of benzene rings is 1. The lowest BCUT2D eigenvalue weighted by Gasteiger charge is -2.05. The molecule has 0 saturated heterocycles. The van der Waals surface area contributed by atoms with E-state index in [2.05, 4.69) is 4.18 Å². The second kappa shape index (κ2) is 6.39. The highest BCUT2D eigenvalue weighted by atomic mass is 32.2. The van der Waals surface area contributed by atoms with Crippen LogP contribution in [0.25, 0.3) is 0 Å². The molecule has 0 bridgehead atoms. The quantitative estimate of drug-likeness (QED) is 0.447. The predicted molar refractivity (Wildman–Crippen MR) is 67.9 cm³/mol. The minimum absolute atomic E-state index is 0.195. The van der Waals surface area contributed by atoms with Gasteiger partial charge in [0.05, 0.1) is 12.9 Å². The van der Waals surface area contributed by atoms with Crippen LogP contribution in [0.1, 0.15) is 12.0 Å². The minimum Gasteiger partial charge on any atom is -0.612 e. The van der Waals surface area contributed by atoms with Crippen LogP contribution in [0, 0.1) is 0 Å². The standard InChI is InChI=1S/C11H16O4S2/c1-16(12)11-7-5-10(6-8-11)4-3-9-15-17(2,13)14/h5-8H,3-4,9H2,1-2H3. The molecule has 0 heterocycles. The first-order valence-electron chi connectivity index (χ1n) is 5.15. The molecular weight excluding hydrogens is 260 g/mol. The van der Waals surface area contributed by atoms with Gasteiger partial charge in [-0.3, -0.25) is 4.18 Å². The molecule has 0 aliphatic rings. The maximum Gasteiger partial charge on any atom is 0.264 e. The van der Waals surface area contributed by atoms with Crippen molar-refractivity contribution in [3.8, 4) is 0 Å². The average molecular weight is 276 g/mol. The maximum atomic E-state index is 11.2. The molecule has 1 atom stereocenters. The Morgan fingerprint density at radius 1 is 1.29 bits per heavy atom. The van der Waals surface area contributed by atoms with Crippen LogP contribution in [0.4, 0.5) is 0 Å². The summed E-state index contributed by atoms with van der Waals surface area (Å²) < 4.78 is 37.2. The molecule has 0 spiro atoms. The Bertz CT molecular complexity index is 437. The van der Waals surface area contributed by atoms with Crippen molar-refractivity contribution in [1.29, 1.82) is 0 Å². The van der Waals surface area contributed by atoms with Gasteiger partial charge in [-0.2, -0.15) is 8.42 Å². The normalized spacial score (nSPS) is 13.6. The number of hydrogen-bond acceptors (Lipinski definition) is 4. The first-order chi connectivity index (χ1) is 7.88. The number of rotatable bonds is 6. The fourth-order valence-electron chi connectivity index (χ4n) is 1.33. The SMILES string of the molecule is C[S+]([O-])c1ccc(CCCOS(C)(=O)=O)cc1. The van der Waals surface area contributed by atoms with E-state index >= 15 is 0 Å². The van der Waals surface area contributed by atoms with Crippen molar-refractivity contribution in [3.63, 3.8) is 0 Å². The van der Waals surface area contributed by atoms with Gasteiger partial charge >= 0.3 is 0 Å². The summed E-state index contributed by atoms with van der Waals surface area (Å²) in [6.07, 6.45) is 4.06. The third kappa shape index (κ3) is 6.07. The van der Waals surface area contributed by atoms with Gasteiger partial charge in [0, 0.05) is 0 Å². The molecule has 0 saturated carbocycles. The number of hydrogen-bond donors (Lipinski definition) is 0. The highest BCUT2D eigenvalue weighted by Gasteiger charge is 2.04. The zero-order valence-electron chi connectivity index (χ0n) is 9.88. The van der Waals surface area contributed by atoms with Crippen molar-refractivity contribution < 1.29 is 17.2 Å². The second-order valence-corrected chi connectivity index (χ2v) is 6.75. The van der Waals surface area contributed by atoms with E-state index in [4.69, 9.17) is 0 Å². The van der Waals surface area contributed by atoms with Gasteiger partial charge in [-0.25, -0.2) is 0 Å². The van der Waals surface area contributed by atoms with E-state index in [-0.39, 0.29) is 6.61 Å². The fraction of sp³-hybridized carbons (Fsp3) is 0.455. The summed E-state index contributed by atoms with van der Waals surface area (Å²) in [5, 5.41) is 0. The van der Waals surface area contributed by atoms with Crippen LogP contribution in [0.3, 0.4) is 0 Å². The summed E-state index contributed by atoms with van der Waals surface area (Å²) in [5.41, 5.74) is 1.08. The summed E-state index contributed by atoms with van der Waals surface area (Å²) in [6.45, 7) is 0.195. The van der Waals surface area contributed by atoms with Gasteiger partial charge in [0.25, 0.3) is 10.1 Å². The van der Waals surface area contributed by atoms with Crippen LogP contribution in [0.15, 0.2) is 29.2 Å². The Labute approximate surface area is 105 Å². The van der Waals surface area contributed by atoms with E-state index in [1.165, 1.54) is 0 Å². The monoisotopic (exact) mass is 276 g/mol. The Hall–Kier alpha value is -0.560. The first kappa shape index (κ1) is 14.5. The summed E-state index contributed by atoms with van der Waals surface area (Å²) >= 11 is -0.960.